The number of carbonyl (C=O) groups excluding carboxylic acids is 6. The van der Waals surface area contributed by atoms with E-state index in [2.05, 4.69) is 31.9 Å². The van der Waals surface area contributed by atoms with E-state index in [0.717, 1.165) is 29.8 Å². The van der Waals surface area contributed by atoms with E-state index in [4.69, 9.17) is 0 Å². The molecular formula is C73H99N12O30S+. The molecule has 43 heteroatoms. The van der Waals surface area contributed by atoms with Crippen LogP contribution in [0.5, 0.6) is 0 Å². The van der Waals surface area contributed by atoms with Crippen molar-refractivity contribution >= 4 is 146 Å². The molecule has 0 saturated heterocycles. The van der Waals surface area contributed by atoms with Gasteiger partial charge in [0.1, 0.15) is 41.0 Å². The summed E-state index contributed by atoms with van der Waals surface area (Å²) >= 11 is 1.39. The largest absolute Gasteiger partial charge is 0.480 e. The monoisotopic (exact) mass is 1660 g/mol. The summed E-state index contributed by atoms with van der Waals surface area (Å²) in [6, 6.07) is 5.85. The smallest absolute Gasteiger partial charge is 0.320 e. The summed E-state index contributed by atoms with van der Waals surface area (Å²) in [6.07, 6.45) is 3.88. The molecule has 0 bridgehead atoms. The lowest BCUT2D eigenvalue weighted by Crippen LogP contribution is -2.48. The maximum Gasteiger partial charge on any atom is 0.320 e. The molecule has 0 aliphatic carbocycles. The number of carboxylic acid groups (broad SMARTS) is 12. The van der Waals surface area contributed by atoms with Gasteiger partial charge in [0.05, 0.1) is 58.8 Å². The number of carboxylic acids is 12. The van der Waals surface area contributed by atoms with Crippen LogP contribution >= 0.6 is 11.3 Å². The Labute approximate surface area is 666 Å². The standard InChI is InChI=1S/C73H98N12O30S/c86-55(74-28-9-5-16-50(70(108)109)81(36-60(90)91)37-61(92)93)23-21-46(68(106)76-30-11-7-18-52(72(112)113)83(40-64(98)99)41-65(100)101)78-57(88)26-33-80-32-25-44(45-13-1-2-14-48(45)80)35-59-85(49-15-3-4-20-54(49)116-59)34-27-58(89)79-47(69(107)77-31-12-8-19-53(73(114)115)84(42-66(102)103)43-67(104)105)22-24-56(87)75-29-10-6-17-51(71(110)111)82(38-62(94)95)39-63(96)97/h1-4,13-15,20,25,32,35,46-47,50-53H,5-12,16-19,21-24,26-31,33-34,36-43H2,(H17-,74,75,76,77,78,79,86,87,88,89,90,91,92,93,94,95,96,97,98,99,100,101,102,103,104,105,106,107,108,109,110,111,112,113,114,115)/p+1. The lowest BCUT2D eigenvalue weighted by Gasteiger charge is -2.27. The van der Waals surface area contributed by atoms with Gasteiger partial charge in [-0.2, -0.15) is 4.57 Å². The normalized spacial score (nSPS) is 13.7. The van der Waals surface area contributed by atoms with E-state index >= 15 is 0 Å². The molecule has 636 valence electrons. The minimum Gasteiger partial charge on any atom is -0.480 e. The molecule has 6 unspecified atom stereocenters. The van der Waals surface area contributed by atoms with Crippen molar-refractivity contribution in [3.05, 3.63) is 71.4 Å². The van der Waals surface area contributed by atoms with Crippen LogP contribution in [0.15, 0.2) is 60.8 Å². The number of aliphatic carboxylic acids is 12. The molecule has 0 fully saturated rings. The van der Waals surface area contributed by atoms with Gasteiger partial charge in [-0.1, -0.05) is 41.7 Å². The van der Waals surface area contributed by atoms with Crippen molar-refractivity contribution in [2.45, 2.75) is 158 Å². The van der Waals surface area contributed by atoms with E-state index < -0.39 is 196 Å². The first kappa shape index (κ1) is 96.3. The Kier molecular flexibility index (Phi) is 41.7. The van der Waals surface area contributed by atoms with Crippen LogP contribution in [-0.2, 0) is 92.8 Å². The Morgan fingerprint density at radius 3 is 1.09 bits per heavy atom. The van der Waals surface area contributed by atoms with Gasteiger partial charge in [0.15, 0.2) is 6.54 Å². The van der Waals surface area contributed by atoms with Gasteiger partial charge < -0.3 is 98.1 Å². The summed E-state index contributed by atoms with van der Waals surface area (Å²) in [4.78, 5) is 227. The Balaban J connectivity index is 1.52. The topological polar surface area (TPSA) is 642 Å². The quantitative estimate of drug-likeness (QED) is 0.0243. The van der Waals surface area contributed by atoms with Crippen LogP contribution < -0.4 is 41.4 Å². The molecule has 18 N–H and O–H groups in total. The van der Waals surface area contributed by atoms with Gasteiger partial charge in [0.2, 0.25) is 41.0 Å². The number of nitrogens with one attached hydrogen (secondary N) is 6. The van der Waals surface area contributed by atoms with Gasteiger partial charge >= 0.3 is 71.6 Å². The minimum absolute atomic E-state index is 0.0170. The molecule has 42 nitrogen and oxygen atoms in total. The number of allylic oxidation sites excluding steroid dienone is 2. The molecular weight excluding hydrogens is 1560 g/mol. The van der Waals surface area contributed by atoms with E-state index in [1.807, 2.05) is 34.9 Å². The lowest BCUT2D eigenvalue weighted by atomic mass is 9.99. The van der Waals surface area contributed by atoms with E-state index in [9.17, 15) is 148 Å². The van der Waals surface area contributed by atoms with Crippen LogP contribution in [0.2, 0.25) is 0 Å². The summed E-state index contributed by atoms with van der Waals surface area (Å²) in [5.41, 5.74) is 2.76. The van der Waals surface area contributed by atoms with E-state index in [1.165, 1.54) is 11.3 Å². The van der Waals surface area contributed by atoms with E-state index in [1.54, 1.807) is 41.4 Å². The average molecular weight is 1660 g/mol. The zero-order chi connectivity index (χ0) is 86.1. The van der Waals surface area contributed by atoms with Crippen LogP contribution in [-0.4, -0.2) is 309 Å². The highest BCUT2D eigenvalue weighted by atomic mass is 32.1. The van der Waals surface area contributed by atoms with Gasteiger partial charge in [-0.05, 0) is 114 Å². The van der Waals surface area contributed by atoms with Crippen molar-refractivity contribution < 1.29 is 152 Å². The third kappa shape index (κ3) is 35.5. The minimum atomic E-state index is -1.51. The van der Waals surface area contributed by atoms with Crippen molar-refractivity contribution in [2.75, 3.05) is 90.0 Å². The van der Waals surface area contributed by atoms with Gasteiger partial charge in [0.25, 0.3) is 5.01 Å². The summed E-state index contributed by atoms with van der Waals surface area (Å²) in [7, 11) is 0. The van der Waals surface area contributed by atoms with Crippen LogP contribution in [0.25, 0.3) is 21.9 Å². The Hall–Kier alpha value is -12.1. The number of anilines is 1. The number of hydrogen-bond donors (Lipinski definition) is 18. The summed E-state index contributed by atoms with van der Waals surface area (Å²) in [5.74, 6) is -21.4. The SMILES string of the molecule is O=C(O)CN(CC(=O)O)C(CCCCNC(=O)CCC(NC(=O)CCN1C=CC(=Cc2sc3ccccc3[n+]2CCC(=O)NC(CCC(=O)NCCCCC(C(=O)O)N(CC(=O)O)CC(=O)O)C(=O)NCCCCC(C(=O)O)N(CC(=O)O)CC(=O)O)c2ccccc21)C(=O)NCCCCC(C(=O)O)N(CC(=O)O)CC(=O)O)C(=O)O. The number of unbranched alkanes of at least 4 members (excludes halogenated alkanes) is 4. The molecule has 0 saturated carbocycles. The first-order valence-corrected chi connectivity index (χ1v) is 37.7. The molecule has 116 heavy (non-hydrogen) atoms. The Bertz CT molecular complexity index is 3990. The van der Waals surface area contributed by atoms with Crippen molar-refractivity contribution in [1.29, 1.82) is 0 Å². The Morgan fingerprint density at radius 2 is 0.724 bits per heavy atom. The number of benzene rings is 2. The summed E-state index contributed by atoms with van der Waals surface area (Å²) in [6.45, 7) is -7.15. The number of hydrogen-bond acceptors (Lipinski definition) is 24. The zero-order valence-electron chi connectivity index (χ0n) is 63.2. The van der Waals surface area contributed by atoms with E-state index in [-0.39, 0.29) is 155 Å². The van der Waals surface area contributed by atoms with Crippen LogP contribution in [0.3, 0.4) is 0 Å². The molecule has 6 amide bonds. The predicted octanol–water partition coefficient (Wildman–Crippen LogP) is -0.783. The van der Waals surface area contributed by atoms with Crippen LogP contribution in [0.4, 0.5) is 5.69 Å². The van der Waals surface area contributed by atoms with Crippen LogP contribution in [0.1, 0.15) is 126 Å². The van der Waals surface area contributed by atoms with Gasteiger partial charge in [0, 0.05) is 81.6 Å². The van der Waals surface area contributed by atoms with Crippen molar-refractivity contribution in [3.8, 4) is 0 Å². The summed E-state index contributed by atoms with van der Waals surface area (Å²) < 4.78 is 2.70. The number of aromatic nitrogens is 1. The highest BCUT2D eigenvalue weighted by molar-refractivity contribution is 7.18. The fourth-order valence-corrected chi connectivity index (χ4v) is 13.8. The third-order valence-corrected chi connectivity index (χ3v) is 19.2. The third-order valence-electron chi connectivity index (χ3n) is 18.1. The molecule has 3 aromatic rings. The molecule has 0 spiro atoms. The molecule has 1 aromatic heterocycles. The zero-order valence-corrected chi connectivity index (χ0v) is 64.1. The van der Waals surface area contributed by atoms with Crippen LogP contribution in [0, 0.1) is 0 Å². The predicted molar refractivity (Wildman–Crippen MR) is 405 cm³/mol. The number of nitrogens with zero attached hydrogens (tertiary/aromatic N) is 6. The van der Waals surface area contributed by atoms with Gasteiger partial charge in [-0.25, -0.2) is 0 Å². The van der Waals surface area contributed by atoms with Crippen molar-refractivity contribution in [1.82, 2.24) is 51.5 Å². The number of aryl methyl sites for hydroxylation is 1. The number of fused-ring (bicyclic) bond motifs is 2. The maximum atomic E-state index is 14.1. The fourth-order valence-electron chi connectivity index (χ4n) is 12.7. The number of carbonyl (C=O) groups is 18. The second-order valence-electron chi connectivity index (χ2n) is 27.0. The first-order valence-electron chi connectivity index (χ1n) is 36.9. The number of para-hydroxylation sites is 2. The fraction of sp³-hybridized carbons (Fsp3) is 0.521. The molecule has 1 aliphatic rings. The van der Waals surface area contributed by atoms with Gasteiger partial charge in [-0.15, -0.1) is 0 Å². The molecule has 2 aromatic carbocycles. The molecule has 6 atom stereocenters. The highest BCUT2D eigenvalue weighted by Gasteiger charge is 2.35. The molecule has 1 aliphatic heterocycles. The maximum absolute atomic E-state index is 14.1. The molecule has 0 radical (unpaired) electrons. The second-order valence-corrected chi connectivity index (χ2v) is 28.0. The average Bonchev–Trinajstić information content (AvgIpc) is 1.52. The van der Waals surface area contributed by atoms with Gasteiger partial charge in [-0.3, -0.25) is 106 Å². The highest BCUT2D eigenvalue weighted by Crippen LogP contribution is 2.35. The second kappa shape index (κ2) is 50.2. The number of amides is 6. The first-order chi connectivity index (χ1) is 54.9. The number of rotatable bonds is 61. The van der Waals surface area contributed by atoms with E-state index in [0.29, 0.717) is 21.8 Å². The summed E-state index contributed by atoms with van der Waals surface area (Å²) in [5, 5.41) is 130. The Morgan fingerprint density at radius 1 is 0.388 bits per heavy atom. The van der Waals surface area contributed by atoms with Crippen molar-refractivity contribution in [3.63, 3.8) is 0 Å². The molecule has 2 heterocycles. The molecule has 4 rings (SSSR count). The number of thiazole rings is 1. The van der Waals surface area contributed by atoms with Crippen molar-refractivity contribution in [2.24, 2.45) is 0 Å². The lowest BCUT2D eigenvalue weighted by molar-refractivity contribution is -0.667.